The molecule has 1 saturated heterocycles. The second kappa shape index (κ2) is 9.43. The van der Waals surface area contributed by atoms with E-state index in [2.05, 4.69) is 47.0 Å². The van der Waals surface area contributed by atoms with Crippen LogP contribution in [0.1, 0.15) is 25.8 Å². The van der Waals surface area contributed by atoms with Crippen molar-refractivity contribution >= 4 is 23.0 Å². The maximum absolute atomic E-state index is 13.0. The minimum atomic E-state index is -0.0649. The topological polar surface area (TPSA) is 57.6 Å². The molecule has 3 aliphatic rings. The maximum Gasteiger partial charge on any atom is 0.276 e. The van der Waals surface area contributed by atoms with Gasteiger partial charge in [-0.3, -0.25) is 9.69 Å². The molecule has 5 rings (SSSR count). The fraction of sp³-hybridized carbons (Fsp3) is 0.462. The van der Waals surface area contributed by atoms with Gasteiger partial charge in [0.25, 0.3) is 5.91 Å². The van der Waals surface area contributed by atoms with Gasteiger partial charge < -0.3 is 19.4 Å². The third-order valence-electron chi connectivity index (χ3n) is 6.51. The first kappa shape index (κ1) is 21.8. The Morgan fingerprint density at radius 1 is 1.03 bits per heavy atom. The third-order valence-corrected chi connectivity index (χ3v) is 6.51. The first-order valence-corrected chi connectivity index (χ1v) is 11.9. The number of fused-ring (bicyclic) bond motifs is 1. The highest BCUT2D eigenvalue weighted by atomic mass is 16.6. The van der Waals surface area contributed by atoms with Crippen molar-refractivity contribution in [3.8, 4) is 5.75 Å². The minimum absolute atomic E-state index is 0.0194. The number of ether oxygens (including phenoxy) is 1. The highest BCUT2D eigenvalue weighted by Gasteiger charge is 2.34. The molecule has 174 valence electrons. The number of carbonyl (C=O) groups excluding carboxylic acids is 1. The number of carbonyl (C=O) groups is 1. The molecule has 0 bridgehead atoms. The predicted molar refractivity (Wildman–Crippen MR) is 130 cm³/mol. The Kier molecular flexibility index (Phi) is 6.22. The summed E-state index contributed by atoms with van der Waals surface area (Å²) in [4.78, 5) is 25.4. The number of nitrogens with zero attached hydrogens (tertiary/aromatic N) is 4. The van der Waals surface area contributed by atoms with Crippen LogP contribution in [0.15, 0.2) is 53.7 Å². The van der Waals surface area contributed by atoms with Crippen LogP contribution in [0, 0.1) is 0 Å². The van der Waals surface area contributed by atoms with Gasteiger partial charge in [-0.2, -0.15) is 0 Å². The highest BCUT2D eigenvalue weighted by Crippen LogP contribution is 2.31. The van der Waals surface area contributed by atoms with Crippen molar-refractivity contribution in [1.82, 2.24) is 4.90 Å². The molecule has 0 N–H and O–H groups in total. The van der Waals surface area contributed by atoms with Crippen molar-refractivity contribution in [3.63, 3.8) is 0 Å². The number of oxime groups is 1. The molecule has 0 radical (unpaired) electrons. The monoisotopic (exact) mass is 448 g/mol. The van der Waals surface area contributed by atoms with Gasteiger partial charge in [-0.05, 0) is 44.0 Å². The lowest BCUT2D eigenvalue weighted by molar-refractivity contribution is -0.112. The molecule has 0 saturated carbocycles. The summed E-state index contributed by atoms with van der Waals surface area (Å²) in [6, 6.07) is 16.4. The average molecular weight is 449 g/mol. The Balaban J connectivity index is 1.13. The molecule has 7 heteroatoms. The fourth-order valence-electron chi connectivity index (χ4n) is 4.89. The molecule has 0 spiro atoms. The van der Waals surface area contributed by atoms with E-state index in [-0.39, 0.29) is 18.1 Å². The van der Waals surface area contributed by atoms with E-state index in [4.69, 9.17) is 9.57 Å². The molecule has 2 aromatic rings. The Morgan fingerprint density at radius 3 is 2.55 bits per heavy atom. The lowest BCUT2D eigenvalue weighted by Gasteiger charge is -2.37. The number of hydrogen-bond donors (Lipinski definition) is 0. The molecule has 1 amide bonds. The van der Waals surface area contributed by atoms with E-state index in [9.17, 15) is 4.79 Å². The van der Waals surface area contributed by atoms with Crippen molar-refractivity contribution in [2.75, 3.05) is 49.1 Å². The summed E-state index contributed by atoms with van der Waals surface area (Å²) in [6.45, 7) is 9.36. The van der Waals surface area contributed by atoms with E-state index >= 15 is 0 Å². The summed E-state index contributed by atoms with van der Waals surface area (Å²) >= 11 is 0. The van der Waals surface area contributed by atoms with Gasteiger partial charge >= 0.3 is 0 Å². The predicted octanol–water partition coefficient (Wildman–Crippen LogP) is 3.33. The van der Waals surface area contributed by atoms with Crippen LogP contribution in [0.5, 0.6) is 5.75 Å². The van der Waals surface area contributed by atoms with Crippen LogP contribution in [-0.2, 0) is 16.1 Å². The van der Waals surface area contributed by atoms with Crippen LogP contribution in [0.4, 0.5) is 11.4 Å². The molecule has 3 aliphatic heterocycles. The summed E-state index contributed by atoms with van der Waals surface area (Å²) in [6.07, 6.45) is 1.56. The molecule has 33 heavy (non-hydrogen) atoms. The lowest BCUT2D eigenvalue weighted by Crippen LogP contribution is -2.48. The zero-order valence-electron chi connectivity index (χ0n) is 19.4. The molecule has 0 aliphatic carbocycles. The van der Waals surface area contributed by atoms with Gasteiger partial charge in [0, 0.05) is 51.4 Å². The van der Waals surface area contributed by atoms with Crippen LogP contribution in [-0.4, -0.2) is 68.0 Å². The van der Waals surface area contributed by atoms with Crippen LogP contribution >= 0.6 is 0 Å². The SMILES string of the molecule is CC(C)Oc1ccccc1N1CCN(CC2CC(C(=O)N3CCc4ccccc43)=NO2)CC1. The van der Waals surface area contributed by atoms with Gasteiger partial charge in [-0.25, -0.2) is 0 Å². The number of piperazine rings is 1. The summed E-state index contributed by atoms with van der Waals surface area (Å²) in [5.41, 5.74) is 3.92. The molecule has 1 atom stereocenters. The van der Waals surface area contributed by atoms with Crippen molar-refractivity contribution in [3.05, 3.63) is 54.1 Å². The van der Waals surface area contributed by atoms with Gasteiger partial charge in [0.2, 0.25) is 0 Å². The summed E-state index contributed by atoms with van der Waals surface area (Å²) in [5, 5.41) is 4.17. The van der Waals surface area contributed by atoms with Crippen LogP contribution in [0.3, 0.4) is 0 Å². The highest BCUT2D eigenvalue weighted by molar-refractivity contribution is 6.44. The molecule has 3 heterocycles. The molecule has 1 fully saturated rings. The van der Waals surface area contributed by atoms with E-state index in [1.165, 1.54) is 5.56 Å². The van der Waals surface area contributed by atoms with Crippen LogP contribution < -0.4 is 14.5 Å². The van der Waals surface area contributed by atoms with E-state index < -0.39 is 0 Å². The Morgan fingerprint density at radius 2 is 1.76 bits per heavy atom. The van der Waals surface area contributed by atoms with Crippen molar-refractivity contribution in [2.45, 2.75) is 38.9 Å². The van der Waals surface area contributed by atoms with Gasteiger partial charge in [-0.1, -0.05) is 35.5 Å². The zero-order valence-corrected chi connectivity index (χ0v) is 19.4. The molecule has 7 nitrogen and oxygen atoms in total. The minimum Gasteiger partial charge on any atom is -0.489 e. The normalized spacial score (nSPS) is 20.6. The van der Waals surface area contributed by atoms with E-state index in [1.54, 1.807) is 0 Å². The molecule has 2 aromatic carbocycles. The number of rotatable bonds is 6. The number of anilines is 2. The first-order valence-electron chi connectivity index (χ1n) is 11.9. The Hall–Kier alpha value is -3.06. The molecular formula is C26H32N4O3. The molecule has 0 aromatic heterocycles. The van der Waals surface area contributed by atoms with Gasteiger partial charge in [-0.15, -0.1) is 0 Å². The number of para-hydroxylation sites is 3. The van der Waals surface area contributed by atoms with Crippen LogP contribution in [0.2, 0.25) is 0 Å². The summed E-state index contributed by atoms with van der Waals surface area (Å²) in [5.74, 6) is 0.925. The number of hydrogen-bond acceptors (Lipinski definition) is 6. The third kappa shape index (κ3) is 4.69. The van der Waals surface area contributed by atoms with Gasteiger partial charge in [0.1, 0.15) is 17.6 Å². The molecular weight excluding hydrogens is 416 g/mol. The van der Waals surface area contributed by atoms with E-state index in [0.29, 0.717) is 18.7 Å². The number of benzene rings is 2. The van der Waals surface area contributed by atoms with Gasteiger partial charge in [0.05, 0.1) is 11.8 Å². The van der Waals surface area contributed by atoms with Crippen molar-refractivity contribution in [1.29, 1.82) is 0 Å². The standard InChI is InChI=1S/C26H32N4O3/c1-19(2)32-25-10-6-5-9-24(25)29-15-13-28(14-16-29)18-21-17-22(27-33-21)26(31)30-12-11-20-7-3-4-8-23(20)30/h3-10,19,21H,11-18H2,1-2H3. The zero-order chi connectivity index (χ0) is 22.8. The fourth-order valence-corrected chi connectivity index (χ4v) is 4.89. The van der Waals surface area contributed by atoms with E-state index in [0.717, 1.165) is 56.3 Å². The smallest absolute Gasteiger partial charge is 0.276 e. The lowest BCUT2D eigenvalue weighted by atomic mass is 10.1. The average Bonchev–Trinajstić information content (AvgIpc) is 3.47. The maximum atomic E-state index is 13.0. The summed E-state index contributed by atoms with van der Waals surface area (Å²) in [7, 11) is 0. The van der Waals surface area contributed by atoms with Gasteiger partial charge in [0.15, 0.2) is 0 Å². The Bertz CT molecular complexity index is 1030. The first-order chi connectivity index (χ1) is 16.1. The second-order valence-corrected chi connectivity index (χ2v) is 9.23. The van der Waals surface area contributed by atoms with Crippen LogP contribution in [0.25, 0.3) is 0 Å². The van der Waals surface area contributed by atoms with Crippen molar-refractivity contribution in [2.24, 2.45) is 5.16 Å². The number of amides is 1. The molecule has 1 unspecified atom stereocenters. The largest absolute Gasteiger partial charge is 0.489 e. The Labute approximate surface area is 195 Å². The summed E-state index contributed by atoms with van der Waals surface area (Å²) < 4.78 is 6.01. The second-order valence-electron chi connectivity index (χ2n) is 9.23. The van der Waals surface area contributed by atoms with E-state index in [1.807, 2.05) is 35.2 Å². The van der Waals surface area contributed by atoms with Crippen molar-refractivity contribution < 1.29 is 14.4 Å². The quantitative estimate of drug-likeness (QED) is 0.679.